The second kappa shape index (κ2) is 11.4. The number of ether oxygens (including phenoxy) is 1. The largest absolute Gasteiger partial charge is 0.493 e. The van der Waals surface area contributed by atoms with Gasteiger partial charge in [-0.3, -0.25) is 4.79 Å². The third kappa shape index (κ3) is 6.20. The fourth-order valence-corrected chi connectivity index (χ4v) is 3.18. The first-order valence-electron chi connectivity index (χ1n) is 10.5. The standard InChI is InChI=1S/C25H34N2O2/c1-6-26(5)18-11-19-29-24-13-10-9-12-23(24)20(4)21-14-16-22(17-15-21)25(28)27(7-2)8-3/h9-10,12-17H,4,6-8,11,18-19H2,1-3,5H3. The fraction of sp³-hybridized carbons (Fsp3) is 0.400. The topological polar surface area (TPSA) is 32.8 Å². The van der Waals surface area contributed by atoms with E-state index in [1.54, 1.807) is 0 Å². The van der Waals surface area contributed by atoms with Crippen LogP contribution in [0.25, 0.3) is 5.57 Å². The van der Waals surface area contributed by atoms with Crippen molar-refractivity contribution in [3.8, 4) is 5.75 Å². The van der Waals surface area contributed by atoms with E-state index >= 15 is 0 Å². The lowest BCUT2D eigenvalue weighted by molar-refractivity contribution is 0.0773. The minimum absolute atomic E-state index is 0.0629. The molecule has 0 unspecified atom stereocenters. The van der Waals surface area contributed by atoms with Crippen molar-refractivity contribution in [1.82, 2.24) is 9.80 Å². The van der Waals surface area contributed by atoms with Crippen molar-refractivity contribution in [2.45, 2.75) is 27.2 Å². The highest BCUT2D eigenvalue weighted by atomic mass is 16.5. The molecule has 4 nitrogen and oxygen atoms in total. The third-order valence-electron chi connectivity index (χ3n) is 5.22. The molecule has 156 valence electrons. The molecule has 1 amide bonds. The summed E-state index contributed by atoms with van der Waals surface area (Å²) in [5.74, 6) is 0.910. The highest BCUT2D eigenvalue weighted by Gasteiger charge is 2.14. The van der Waals surface area contributed by atoms with E-state index < -0.39 is 0 Å². The lowest BCUT2D eigenvalue weighted by Crippen LogP contribution is -2.30. The lowest BCUT2D eigenvalue weighted by atomic mass is 9.97. The average molecular weight is 395 g/mol. The molecule has 0 fully saturated rings. The Morgan fingerprint density at radius 3 is 2.17 bits per heavy atom. The van der Waals surface area contributed by atoms with E-state index in [0.717, 1.165) is 42.0 Å². The number of benzene rings is 2. The molecule has 4 heteroatoms. The summed E-state index contributed by atoms with van der Waals surface area (Å²) in [6.07, 6.45) is 0.979. The summed E-state index contributed by atoms with van der Waals surface area (Å²) in [6.45, 7) is 14.6. The molecule has 29 heavy (non-hydrogen) atoms. The molecule has 0 saturated heterocycles. The molecule has 0 aliphatic rings. The number of carbonyl (C=O) groups excluding carboxylic acids is 1. The normalized spacial score (nSPS) is 10.8. The summed E-state index contributed by atoms with van der Waals surface area (Å²) < 4.78 is 6.05. The van der Waals surface area contributed by atoms with E-state index in [1.807, 2.05) is 67.3 Å². The first-order chi connectivity index (χ1) is 14.0. The first-order valence-corrected chi connectivity index (χ1v) is 10.5. The van der Waals surface area contributed by atoms with Crippen LogP contribution >= 0.6 is 0 Å². The van der Waals surface area contributed by atoms with Gasteiger partial charge in [0.05, 0.1) is 6.61 Å². The van der Waals surface area contributed by atoms with Crippen LogP contribution in [0.2, 0.25) is 0 Å². The molecular formula is C25H34N2O2. The molecule has 0 spiro atoms. The van der Waals surface area contributed by atoms with Gasteiger partial charge in [-0.05, 0) is 63.2 Å². The summed E-state index contributed by atoms with van der Waals surface area (Å²) in [6, 6.07) is 15.7. The number of hydrogen-bond acceptors (Lipinski definition) is 3. The van der Waals surface area contributed by atoms with Gasteiger partial charge in [-0.25, -0.2) is 0 Å². The van der Waals surface area contributed by atoms with E-state index in [2.05, 4.69) is 25.5 Å². The van der Waals surface area contributed by atoms with Crippen molar-refractivity contribution >= 4 is 11.5 Å². The maximum absolute atomic E-state index is 12.5. The molecule has 0 radical (unpaired) electrons. The fourth-order valence-electron chi connectivity index (χ4n) is 3.18. The summed E-state index contributed by atoms with van der Waals surface area (Å²) >= 11 is 0. The second-order valence-corrected chi connectivity index (χ2v) is 7.13. The highest BCUT2D eigenvalue weighted by Crippen LogP contribution is 2.30. The van der Waals surface area contributed by atoms with Crippen molar-refractivity contribution in [3.05, 3.63) is 71.8 Å². The Kier molecular flexibility index (Phi) is 8.94. The Balaban J connectivity index is 2.09. The molecule has 0 aromatic heterocycles. The summed E-state index contributed by atoms with van der Waals surface area (Å²) in [5, 5.41) is 0. The van der Waals surface area contributed by atoms with Gasteiger partial charge >= 0.3 is 0 Å². The number of para-hydroxylation sites is 1. The van der Waals surface area contributed by atoms with Crippen LogP contribution in [0.3, 0.4) is 0 Å². The molecule has 0 aliphatic heterocycles. The SMILES string of the molecule is C=C(c1ccc(C(=O)N(CC)CC)cc1)c1ccccc1OCCCN(C)CC. The monoisotopic (exact) mass is 394 g/mol. The molecular weight excluding hydrogens is 360 g/mol. The third-order valence-corrected chi connectivity index (χ3v) is 5.22. The van der Waals surface area contributed by atoms with Gasteiger partial charge in [-0.1, -0.05) is 43.8 Å². The Labute approximate surface area is 175 Å². The van der Waals surface area contributed by atoms with Gasteiger partial charge in [-0.2, -0.15) is 0 Å². The van der Waals surface area contributed by atoms with E-state index in [9.17, 15) is 4.79 Å². The molecule has 2 rings (SSSR count). The molecule has 0 aliphatic carbocycles. The minimum atomic E-state index is 0.0629. The van der Waals surface area contributed by atoms with Crippen LogP contribution in [-0.4, -0.2) is 55.5 Å². The molecule has 0 saturated carbocycles. The Morgan fingerprint density at radius 1 is 0.931 bits per heavy atom. The van der Waals surface area contributed by atoms with Gasteiger partial charge in [-0.15, -0.1) is 0 Å². The van der Waals surface area contributed by atoms with E-state index in [-0.39, 0.29) is 5.91 Å². The van der Waals surface area contributed by atoms with Crippen molar-refractivity contribution < 1.29 is 9.53 Å². The molecule has 2 aromatic rings. The smallest absolute Gasteiger partial charge is 0.253 e. The molecule has 0 atom stereocenters. The van der Waals surface area contributed by atoms with Crippen LogP contribution in [-0.2, 0) is 0 Å². The van der Waals surface area contributed by atoms with E-state index in [4.69, 9.17) is 4.74 Å². The first kappa shape index (κ1) is 22.7. The molecule has 0 bridgehead atoms. The van der Waals surface area contributed by atoms with Crippen molar-refractivity contribution in [2.24, 2.45) is 0 Å². The van der Waals surface area contributed by atoms with Gasteiger partial charge in [0.15, 0.2) is 0 Å². The molecule has 0 N–H and O–H groups in total. The predicted octanol–water partition coefficient (Wildman–Crippen LogP) is 4.95. The van der Waals surface area contributed by atoms with E-state index in [1.165, 1.54) is 0 Å². The Bertz CT molecular complexity index is 795. The maximum atomic E-state index is 12.5. The zero-order valence-electron chi connectivity index (χ0n) is 18.3. The van der Waals surface area contributed by atoms with Crippen molar-refractivity contribution in [3.63, 3.8) is 0 Å². The van der Waals surface area contributed by atoms with Crippen molar-refractivity contribution in [2.75, 3.05) is 39.8 Å². The van der Waals surface area contributed by atoms with Crippen LogP contribution in [0.1, 0.15) is 48.7 Å². The summed E-state index contributed by atoms with van der Waals surface area (Å²) in [5.41, 5.74) is 3.57. The number of nitrogens with zero attached hydrogens (tertiary/aromatic N) is 2. The molecule has 2 aromatic carbocycles. The van der Waals surface area contributed by atoms with E-state index in [0.29, 0.717) is 25.3 Å². The van der Waals surface area contributed by atoms with Gasteiger partial charge in [0.2, 0.25) is 0 Å². The van der Waals surface area contributed by atoms with Crippen LogP contribution < -0.4 is 4.74 Å². The van der Waals surface area contributed by atoms with Crippen LogP contribution in [0.4, 0.5) is 0 Å². The lowest BCUT2D eigenvalue weighted by Gasteiger charge is -2.19. The zero-order valence-corrected chi connectivity index (χ0v) is 18.3. The van der Waals surface area contributed by atoms with Gasteiger partial charge < -0.3 is 14.5 Å². The molecule has 0 heterocycles. The van der Waals surface area contributed by atoms with Gasteiger partial charge in [0, 0.05) is 30.8 Å². The number of amides is 1. The Morgan fingerprint density at radius 2 is 1.55 bits per heavy atom. The summed E-state index contributed by atoms with van der Waals surface area (Å²) in [4.78, 5) is 16.6. The highest BCUT2D eigenvalue weighted by molar-refractivity contribution is 5.95. The number of hydrogen-bond donors (Lipinski definition) is 0. The van der Waals surface area contributed by atoms with Gasteiger partial charge in [0.25, 0.3) is 5.91 Å². The van der Waals surface area contributed by atoms with Crippen LogP contribution in [0.15, 0.2) is 55.1 Å². The number of rotatable bonds is 11. The number of carbonyl (C=O) groups is 1. The van der Waals surface area contributed by atoms with Crippen molar-refractivity contribution in [1.29, 1.82) is 0 Å². The average Bonchev–Trinajstić information content (AvgIpc) is 2.77. The second-order valence-electron chi connectivity index (χ2n) is 7.13. The van der Waals surface area contributed by atoms with Gasteiger partial charge in [0.1, 0.15) is 5.75 Å². The zero-order chi connectivity index (χ0) is 21.2. The predicted molar refractivity (Wildman–Crippen MR) is 122 cm³/mol. The summed E-state index contributed by atoms with van der Waals surface area (Å²) in [7, 11) is 2.12. The maximum Gasteiger partial charge on any atom is 0.253 e. The minimum Gasteiger partial charge on any atom is -0.493 e. The quantitative estimate of drug-likeness (QED) is 0.506. The van der Waals surface area contributed by atoms with Crippen LogP contribution in [0, 0.1) is 0 Å². The van der Waals surface area contributed by atoms with Crippen LogP contribution in [0.5, 0.6) is 5.75 Å². The Hall–Kier alpha value is -2.59.